The van der Waals surface area contributed by atoms with E-state index in [0.29, 0.717) is 35.4 Å². The van der Waals surface area contributed by atoms with E-state index in [1.807, 2.05) is 0 Å². The van der Waals surface area contributed by atoms with Crippen molar-refractivity contribution < 1.29 is 41.3 Å². The van der Waals surface area contributed by atoms with Gasteiger partial charge in [0.1, 0.15) is 11.6 Å². The van der Waals surface area contributed by atoms with Gasteiger partial charge in [-0.25, -0.2) is 8.78 Å². The smallest absolute Gasteiger partial charge is 0.414 e. The standard InChI is InChI=1S/C14H16F4O2.C8H9FN2O2/c1-7-10(6-20-13(7)14(16,17)18)9-4-5-11(15)8(2)12(9)19-3;9-7-4-10-6(1-2-12)3-8(7)11-5-13/h4-5,7,10,13H,6H2,1-3H3;3-5,12H,1-2H2,(H,10,11,13). The van der Waals surface area contributed by atoms with Gasteiger partial charge in [-0.2, -0.15) is 13.2 Å². The number of anilines is 1. The molecule has 0 aliphatic carbocycles. The van der Waals surface area contributed by atoms with Crippen LogP contribution in [0, 0.1) is 24.5 Å². The number of aliphatic hydroxyl groups excluding tert-OH is 1. The van der Waals surface area contributed by atoms with Gasteiger partial charge in [0.2, 0.25) is 6.41 Å². The van der Waals surface area contributed by atoms with Gasteiger partial charge < -0.3 is 19.9 Å². The molecule has 2 heterocycles. The second-order valence-electron chi connectivity index (χ2n) is 7.45. The van der Waals surface area contributed by atoms with Crippen molar-refractivity contribution in [1.29, 1.82) is 0 Å². The molecular formula is C22H25F5N2O4. The lowest BCUT2D eigenvalue weighted by Gasteiger charge is -2.22. The number of nitrogens with one attached hydrogen (secondary N) is 1. The molecule has 182 valence electrons. The molecule has 1 aromatic carbocycles. The molecule has 0 radical (unpaired) electrons. The molecule has 1 aromatic heterocycles. The summed E-state index contributed by atoms with van der Waals surface area (Å²) in [6.07, 6.45) is -4.44. The zero-order valence-corrected chi connectivity index (χ0v) is 18.2. The Kier molecular flexibility index (Phi) is 9.12. The molecule has 3 rings (SSSR count). The van der Waals surface area contributed by atoms with Gasteiger partial charge in [0, 0.05) is 41.7 Å². The largest absolute Gasteiger partial charge is 0.496 e. The summed E-state index contributed by atoms with van der Waals surface area (Å²) in [5.41, 5.74) is 1.47. The SMILES string of the molecule is COc1c(C2COC(C(F)(F)F)C2C)ccc(F)c1C.O=CNc1cc(CCO)ncc1F. The number of carbonyl (C=O) groups is 1. The molecule has 1 aliphatic heterocycles. The third-order valence-electron chi connectivity index (χ3n) is 5.36. The first-order valence-corrected chi connectivity index (χ1v) is 10.0. The molecule has 11 heteroatoms. The Balaban J connectivity index is 0.000000257. The number of aromatic nitrogens is 1. The number of aliphatic hydroxyl groups is 1. The Morgan fingerprint density at radius 3 is 2.55 bits per heavy atom. The van der Waals surface area contributed by atoms with E-state index in [1.54, 1.807) is 6.92 Å². The van der Waals surface area contributed by atoms with Gasteiger partial charge >= 0.3 is 6.18 Å². The molecule has 1 aliphatic rings. The van der Waals surface area contributed by atoms with Gasteiger partial charge in [0.25, 0.3) is 0 Å². The predicted molar refractivity (Wildman–Crippen MR) is 110 cm³/mol. The van der Waals surface area contributed by atoms with Crippen molar-refractivity contribution in [2.45, 2.75) is 38.5 Å². The highest BCUT2D eigenvalue weighted by Crippen LogP contribution is 2.45. The van der Waals surface area contributed by atoms with Crippen molar-refractivity contribution in [2.75, 3.05) is 25.6 Å². The van der Waals surface area contributed by atoms with Crippen LogP contribution in [-0.2, 0) is 16.0 Å². The first kappa shape index (κ1) is 26.5. The van der Waals surface area contributed by atoms with Crippen molar-refractivity contribution in [3.8, 4) is 5.75 Å². The highest BCUT2D eigenvalue weighted by molar-refractivity contribution is 5.71. The average Bonchev–Trinajstić information content (AvgIpc) is 3.15. The van der Waals surface area contributed by atoms with E-state index in [9.17, 15) is 26.7 Å². The maximum atomic E-state index is 13.5. The Morgan fingerprint density at radius 1 is 1.30 bits per heavy atom. The number of halogens is 5. The van der Waals surface area contributed by atoms with Crippen LogP contribution >= 0.6 is 0 Å². The van der Waals surface area contributed by atoms with Crippen LogP contribution in [0.4, 0.5) is 27.6 Å². The van der Waals surface area contributed by atoms with Gasteiger partial charge in [-0.1, -0.05) is 13.0 Å². The lowest BCUT2D eigenvalue weighted by molar-refractivity contribution is -0.215. The van der Waals surface area contributed by atoms with E-state index in [0.717, 1.165) is 6.20 Å². The monoisotopic (exact) mass is 476 g/mol. The lowest BCUT2D eigenvalue weighted by Crippen LogP contribution is -2.33. The van der Waals surface area contributed by atoms with Crippen LogP contribution in [0.1, 0.15) is 29.7 Å². The van der Waals surface area contributed by atoms with Gasteiger partial charge in [-0.15, -0.1) is 0 Å². The van der Waals surface area contributed by atoms with Crippen molar-refractivity contribution in [1.82, 2.24) is 4.98 Å². The molecular weight excluding hydrogens is 451 g/mol. The number of pyridine rings is 1. The summed E-state index contributed by atoms with van der Waals surface area (Å²) in [7, 11) is 1.38. The summed E-state index contributed by atoms with van der Waals surface area (Å²) >= 11 is 0. The van der Waals surface area contributed by atoms with Crippen LogP contribution in [0.25, 0.3) is 0 Å². The van der Waals surface area contributed by atoms with E-state index < -0.39 is 35.8 Å². The third kappa shape index (κ3) is 6.38. The predicted octanol–water partition coefficient (Wildman–Crippen LogP) is 4.15. The van der Waals surface area contributed by atoms with Crippen molar-refractivity contribution in [2.24, 2.45) is 5.92 Å². The summed E-state index contributed by atoms with van der Waals surface area (Å²) in [6, 6.07) is 4.12. The number of hydrogen-bond donors (Lipinski definition) is 2. The van der Waals surface area contributed by atoms with E-state index in [2.05, 4.69) is 10.3 Å². The number of hydrogen-bond acceptors (Lipinski definition) is 5. The Bertz CT molecular complexity index is 955. The molecule has 0 bridgehead atoms. The summed E-state index contributed by atoms with van der Waals surface area (Å²) < 4.78 is 74.8. The number of alkyl halides is 3. The van der Waals surface area contributed by atoms with Crippen molar-refractivity contribution in [3.05, 3.63) is 52.9 Å². The van der Waals surface area contributed by atoms with Crippen molar-refractivity contribution in [3.63, 3.8) is 0 Å². The maximum absolute atomic E-state index is 13.5. The van der Waals surface area contributed by atoms with E-state index in [1.165, 1.54) is 32.2 Å². The van der Waals surface area contributed by atoms with Crippen molar-refractivity contribution >= 4 is 12.1 Å². The highest BCUT2D eigenvalue weighted by Gasteiger charge is 2.51. The van der Waals surface area contributed by atoms with E-state index in [-0.39, 0.29) is 18.9 Å². The normalized spacial score (nSPS) is 20.1. The quantitative estimate of drug-likeness (QED) is 0.484. The molecule has 6 nitrogen and oxygen atoms in total. The van der Waals surface area contributed by atoms with Crippen LogP contribution in [0.3, 0.4) is 0 Å². The summed E-state index contributed by atoms with van der Waals surface area (Å²) in [6.45, 7) is 2.93. The van der Waals surface area contributed by atoms with Crippen LogP contribution in [0.5, 0.6) is 5.75 Å². The number of methoxy groups -OCH3 is 1. The molecule has 3 unspecified atom stereocenters. The summed E-state index contributed by atoms with van der Waals surface area (Å²) in [5, 5.41) is 10.8. The molecule has 0 saturated carbocycles. The van der Waals surface area contributed by atoms with Gasteiger partial charge in [0.15, 0.2) is 11.9 Å². The van der Waals surface area contributed by atoms with E-state index >= 15 is 0 Å². The lowest BCUT2D eigenvalue weighted by atomic mass is 9.85. The molecule has 2 aromatic rings. The van der Waals surface area contributed by atoms with Gasteiger partial charge in [0.05, 0.1) is 25.6 Å². The summed E-state index contributed by atoms with van der Waals surface area (Å²) in [5.74, 6) is -1.93. The van der Waals surface area contributed by atoms with E-state index in [4.69, 9.17) is 14.6 Å². The minimum absolute atomic E-state index is 0.0488. The molecule has 1 amide bonds. The molecule has 0 spiro atoms. The number of rotatable bonds is 6. The first-order chi connectivity index (χ1) is 15.5. The van der Waals surface area contributed by atoms with Crippen LogP contribution < -0.4 is 10.1 Å². The Labute approximate surface area is 187 Å². The fraction of sp³-hybridized carbons (Fsp3) is 0.455. The molecule has 1 saturated heterocycles. The second-order valence-corrected chi connectivity index (χ2v) is 7.45. The minimum atomic E-state index is -4.39. The molecule has 1 fully saturated rings. The topological polar surface area (TPSA) is 80.7 Å². The Hall–Kier alpha value is -2.79. The van der Waals surface area contributed by atoms with Crippen LogP contribution in [0.2, 0.25) is 0 Å². The first-order valence-electron chi connectivity index (χ1n) is 10.0. The highest BCUT2D eigenvalue weighted by atomic mass is 19.4. The second kappa shape index (κ2) is 11.4. The van der Waals surface area contributed by atoms with Gasteiger partial charge in [-0.05, 0) is 19.1 Å². The van der Waals surface area contributed by atoms with Gasteiger partial charge in [-0.3, -0.25) is 9.78 Å². The zero-order chi connectivity index (χ0) is 24.8. The molecule has 3 atom stereocenters. The average molecular weight is 476 g/mol. The minimum Gasteiger partial charge on any atom is -0.496 e. The third-order valence-corrected chi connectivity index (χ3v) is 5.36. The Morgan fingerprint density at radius 2 is 2.00 bits per heavy atom. The number of carbonyl (C=O) groups excluding carboxylic acids is 1. The van der Waals surface area contributed by atoms with Crippen LogP contribution in [0.15, 0.2) is 24.4 Å². The number of amides is 1. The zero-order valence-electron chi connectivity index (χ0n) is 18.2. The summed E-state index contributed by atoms with van der Waals surface area (Å²) in [4.78, 5) is 13.8. The molecule has 2 N–H and O–H groups in total. The number of benzene rings is 1. The maximum Gasteiger partial charge on any atom is 0.414 e. The number of ether oxygens (including phenoxy) is 2. The fourth-order valence-corrected chi connectivity index (χ4v) is 3.65. The molecule has 33 heavy (non-hydrogen) atoms. The fourth-order valence-electron chi connectivity index (χ4n) is 3.65. The van der Waals surface area contributed by atoms with Crippen LogP contribution in [-0.4, -0.2) is 49.1 Å². The number of nitrogens with zero attached hydrogens (tertiary/aromatic N) is 1.